The molecule has 1 unspecified atom stereocenters. The number of carbonyl (C=O) groups is 1. The summed E-state index contributed by atoms with van der Waals surface area (Å²) in [5, 5.41) is 0.500. The Morgan fingerprint density at radius 1 is 0.971 bits per heavy atom. The van der Waals surface area contributed by atoms with Crippen LogP contribution < -0.4 is 10.2 Å². The van der Waals surface area contributed by atoms with Crippen LogP contribution in [0.25, 0.3) is 11.0 Å². The van der Waals surface area contributed by atoms with Gasteiger partial charge in [-0.25, -0.2) is 0 Å². The maximum atomic E-state index is 13.7. The van der Waals surface area contributed by atoms with E-state index in [0.717, 1.165) is 28.9 Å². The first kappa shape index (κ1) is 22.0. The highest BCUT2D eigenvalue weighted by atomic mass is 16.5. The number of nitrogens with zero attached hydrogens (tertiary/aromatic N) is 1. The Kier molecular flexibility index (Phi) is 5.93. The number of fused-ring (bicyclic) bond motifs is 2. The highest BCUT2D eigenvalue weighted by molar-refractivity contribution is 5.99. The van der Waals surface area contributed by atoms with E-state index in [1.165, 1.54) is 0 Å². The van der Waals surface area contributed by atoms with Crippen molar-refractivity contribution in [2.75, 3.05) is 13.2 Å². The van der Waals surface area contributed by atoms with Crippen molar-refractivity contribution in [1.82, 2.24) is 4.90 Å². The number of benzene rings is 3. The topological polar surface area (TPSA) is 59.8 Å². The maximum absolute atomic E-state index is 13.7. The van der Waals surface area contributed by atoms with Crippen molar-refractivity contribution < 1.29 is 13.9 Å². The molecular formula is C29H27NO4. The number of hydrogen-bond acceptors (Lipinski definition) is 4. The highest BCUT2D eigenvalue weighted by Gasteiger charge is 2.42. The third-order valence-corrected chi connectivity index (χ3v) is 6.25. The van der Waals surface area contributed by atoms with Crippen LogP contribution >= 0.6 is 0 Å². The van der Waals surface area contributed by atoms with E-state index in [4.69, 9.17) is 9.15 Å². The molecule has 1 aromatic heterocycles. The lowest BCUT2D eigenvalue weighted by molar-refractivity contribution is 0.0730. The van der Waals surface area contributed by atoms with Gasteiger partial charge in [-0.1, -0.05) is 61.0 Å². The monoisotopic (exact) mass is 453 g/mol. The van der Waals surface area contributed by atoms with Gasteiger partial charge in [-0.3, -0.25) is 9.59 Å². The van der Waals surface area contributed by atoms with Crippen molar-refractivity contribution in [2.45, 2.75) is 32.7 Å². The van der Waals surface area contributed by atoms with Crippen molar-refractivity contribution in [2.24, 2.45) is 0 Å². The predicted octanol–water partition coefficient (Wildman–Crippen LogP) is 5.68. The van der Waals surface area contributed by atoms with Crippen LogP contribution in [0.3, 0.4) is 0 Å². The van der Waals surface area contributed by atoms with Gasteiger partial charge in [0.1, 0.15) is 11.3 Å². The van der Waals surface area contributed by atoms with Crippen LogP contribution in [0, 0.1) is 6.92 Å². The van der Waals surface area contributed by atoms with Gasteiger partial charge in [0.25, 0.3) is 5.91 Å². The summed E-state index contributed by atoms with van der Waals surface area (Å²) in [6, 6.07) is 22.7. The van der Waals surface area contributed by atoms with Crippen LogP contribution in [-0.2, 0) is 6.42 Å². The molecule has 1 aliphatic rings. The molecule has 1 amide bonds. The molecule has 0 aliphatic carbocycles. The molecule has 0 bridgehead atoms. The van der Waals surface area contributed by atoms with Crippen molar-refractivity contribution >= 4 is 16.9 Å². The molecule has 34 heavy (non-hydrogen) atoms. The quantitative estimate of drug-likeness (QED) is 0.361. The summed E-state index contributed by atoms with van der Waals surface area (Å²) in [5.41, 5.74) is 3.63. The summed E-state index contributed by atoms with van der Waals surface area (Å²) in [6.45, 7) is 5.06. The molecular weight excluding hydrogens is 426 g/mol. The summed E-state index contributed by atoms with van der Waals surface area (Å²) >= 11 is 0. The Morgan fingerprint density at radius 2 is 1.79 bits per heavy atom. The van der Waals surface area contributed by atoms with Crippen LogP contribution in [0.2, 0.25) is 0 Å². The predicted molar refractivity (Wildman–Crippen MR) is 132 cm³/mol. The number of ether oxygens (including phenoxy) is 1. The van der Waals surface area contributed by atoms with E-state index in [2.05, 4.69) is 6.92 Å². The Morgan fingerprint density at radius 3 is 2.59 bits per heavy atom. The molecule has 3 aromatic carbocycles. The van der Waals surface area contributed by atoms with E-state index in [0.29, 0.717) is 36.1 Å². The first-order valence-electron chi connectivity index (χ1n) is 11.7. The van der Waals surface area contributed by atoms with Gasteiger partial charge in [-0.2, -0.15) is 0 Å². The zero-order valence-corrected chi connectivity index (χ0v) is 19.4. The molecule has 5 rings (SSSR count). The van der Waals surface area contributed by atoms with E-state index >= 15 is 0 Å². The number of hydrogen-bond donors (Lipinski definition) is 0. The number of aryl methyl sites for hydroxylation is 1. The van der Waals surface area contributed by atoms with E-state index in [-0.39, 0.29) is 17.1 Å². The van der Waals surface area contributed by atoms with Gasteiger partial charge in [0.05, 0.1) is 23.6 Å². The van der Waals surface area contributed by atoms with E-state index in [1.54, 1.807) is 11.0 Å². The van der Waals surface area contributed by atoms with Gasteiger partial charge >= 0.3 is 0 Å². The van der Waals surface area contributed by atoms with Crippen LogP contribution in [-0.4, -0.2) is 24.0 Å². The molecule has 0 spiro atoms. The Bertz CT molecular complexity index is 1410. The molecule has 0 radical (unpaired) electrons. The highest BCUT2D eigenvalue weighted by Crippen LogP contribution is 2.39. The molecule has 5 heteroatoms. The molecule has 0 saturated carbocycles. The molecule has 0 N–H and O–H groups in total. The van der Waals surface area contributed by atoms with Gasteiger partial charge < -0.3 is 14.1 Å². The molecule has 1 atom stereocenters. The Balaban J connectivity index is 1.63. The van der Waals surface area contributed by atoms with Gasteiger partial charge in [0.15, 0.2) is 5.43 Å². The minimum Gasteiger partial charge on any atom is -0.494 e. The van der Waals surface area contributed by atoms with Gasteiger partial charge in [0.2, 0.25) is 5.76 Å². The molecule has 172 valence electrons. The van der Waals surface area contributed by atoms with Crippen molar-refractivity contribution in [3.63, 3.8) is 0 Å². The smallest absolute Gasteiger partial charge is 0.290 e. The van der Waals surface area contributed by atoms with Gasteiger partial charge in [-0.15, -0.1) is 0 Å². The lowest BCUT2D eigenvalue weighted by Crippen LogP contribution is -2.31. The number of rotatable bonds is 7. The fraction of sp³-hybridized carbons (Fsp3) is 0.241. The summed E-state index contributed by atoms with van der Waals surface area (Å²) in [6.07, 6.45) is 1.57. The summed E-state index contributed by atoms with van der Waals surface area (Å²) in [5.74, 6) is 0.610. The minimum atomic E-state index is -0.530. The second-order valence-corrected chi connectivity index (χ2v) is 8.73. The number of carbonyl (C=O) groups excluding carboxylic acids is 1. The van der Waals surface area contributed by atoms with Gasteiger partial charge in [0, 0.05) is 6.54 Å². The van der Waals surface area contributed by atoms with Crippen molar-refractivity contribution in [1.29, 1.82) is 0 Å². The van der Waals surface area contributed by atoms with Crippen LogP contribution in [0.1, 0.15) is 52.2 Å². The minimum absolute atomic E-state index is 0.138. The second-order valence-electron chi connectivity index (χ2n) is 8.73. The summed E-state index contributed by atoms with van der Waals surface area (Å²) in [7, 11) is 0. The average Bonchev–Trinajstić information content (AvgIpc) is 3.14. The molecule has 2 heterocycles. The first-order valence-corrected chi connectivity index (χ1v) is 11.7. The van der Waals surface area contributed by atoms with Crippen LogP contribution in [0.5, 0.6) is 5.75 Å². The Hall–Kier alpha value is -3.86. The Labute approximate surface area is 198 Å². The third kappa shape index (κ3) is 3.98. The lowest BCUT2D eigenvalue weighted by atomic mass is 9.97. The average molecular weight is 454 g/mol. The summed E-state index contributed by atoms with van der Waals surface area (Å²) < 4.78 is 11.9. The molecule has 0 saturated heterocycles. The fourth-order valence-electron chi connectivity index (χ4n) is 4.60. The molecule has 5 nitrogen and oxygen atoms in total. The van der Waals surface area contributed by atoms with Crippen LogP contribution in [0.15, 0.2) is 82.0 Å². The van der Waals surface area contributed by atoms with E-state index < -0.39 is 6.04 Å². The van der Waals surface area contributed by atoms with E-state index in [9.17, 15) is 9.59 Å². The largest absolute Gasteiger partial charge is 0.494 e. The van der Waals surface area contributed by atoms with E-state index in [1.807, 2.05) is 73.7 Å². The SMILES string of the molecule is CCCOc1cccc(C2c3c(oc4ccc(C)cc4c3=O)C(=O)N2CCc2ccccc2)c1. The fourth-order valence-corrected chi connectivity index (χ4v) is 4.60. The van der Waals surface area contributed by atoms with Crippen molar-refractivity contribution in [3.8, 4) is 5.75 Å². The lowest BCUT2D eigenvalue weighted by Gasteiger charge is -2.25. The number of amides is 1. The standard InChI is InChI=1S/C29H27NO4/c1-3-16-33-22-11-7-10-21(18-22)26-25-27(31)23-17-19(2)12-13-24(23)34-28(25)29(32)30(26)15-14-20-8-5-4-6-9-20/h4-13,17-18,26H,3,14-16H2,1-2H3. The van der Waals surface area contributed by atoms with Gasteiger partial charge in [-0.05, 0) is 55.2 Å². The first-order chi connectivity index (χ1) is 16.6. The molecule has 1 aliphatic heterocycles. The normalized spacial score (nSPS) is 15.1. The molecule has 4 aromatic rings. The molecule has 0 fully saturated rings. The third-order valence-electron chi connectivity index (χ3n) is 6.25. The maximum Gasteiger partial charge on any atom is 0.290 e. The second kappa shape index (κ2) is 9.18. The van der Waals surface area contributed by atoms with Crippen molar-refractivity contribution in [3.05, 3.63) is 111 Å². The summed E-state index contributed by atoms with van der Waals surface area (Å²) in [4.78, 5) is 29.0. The van der Waals surface area contributed by atoms with Crippen LogP contribution in [0.4, 0.5) is 0 Å². The zero-order valence-electron chi connectivity index (χ0n) is 19.4. The zero-order chi connectivity index (χ0) is 23.7.